The van der Waals surface area contributed by atoms with E-state index < -0.39 is 10.1 Å². The summed E-state index contributed by atoms with van der Waals surface area (Å²) in [7, 11) is -4.05. The number of ether oxygens (including phenoxy) is 1. The summed E-state index contributed by atoms with van der Waals surface area (Å²) < 4.78 is 36.5. The van der Waals surface area contributed by atoms with E-state index >= 15 is 0 Å². The molecule has 0 aliphatic rings. The summed E-state index contributed by atoms with van der Waals surface area (Å²) in [4.78, 5) is 0. The predicted octanol–water partition coefficient (Wildman–Crippen LogP) is 1.25. The van der Waals surface area contributed by atoms with Gasteiger partial charge in [-0.2, -0.15) is 0 Å². The molecule has 0 aromatic carbocycles. The molecule has 22 heavy (non-hydrogen) atoms. The second-order valence-electron chi connectivity index (χ2n) is 5.76. The molecular formula is C16H33NaO4S. The molecule has 0 aliphatic heterocycles. The van der Waals surface area contributed by atoms with Gasteiger partial charge in [-0.05, 0) is 19.3 Å². The van der Waals surface area contributed by atoms with Crippen LogP contribution in [0.25, 0.3) is 0 Å². The van der Waals surface area contributed by atoms with Crippen LogP contribution in [0.2, 0.25) is 0 Å². The molecule has 0 aliphatic carbocycles. The van der Waals surface area contributed by atoms with Gasteiger partial charge in [-0.3, -0.25) is 0 Å². The molecule has 0 spiro atoms. The Labute approximate surface area is 159 Å². The van der Waals surface area contributed by atoms with Gasteiger partial charge >= 0.3 is 29.6 Å². The zero-order chi connectivity index (χ0) is 15.8. The maximum Gasteiger partial charge on any atom is 1.00 e. The predicted molar refractivity (Wildman–Crippen MR) is 86.5 cm³/mol. The van der Waals surface area contributed by atoms with Gasteiger partial charge in [0.2, 0.25) is 0 Å². The Morgan fingerprint density at radius 2 is 1.14 bits per heavy atom. The third kappa shape index (κ3) is 23.1. The van der Waals surface area contributed by atoms with E-state index in [2.05, 4.69) is 6.92 Å². The molecular weight excluding hydrogens is 311 g/mol. The van der Waals surface area contributed by atoms with Gasteiger partial charge in [0.25, 0.3) is 0 Å². The third-order valence-corrected chi connectivity index (χ3v) is 4.36. The summed E-state index contributed by atoms with van der Waals surface area (Å²) in [5.74, 6) is -0.269. The van der Waals surface area contributed by atoms with E-state index in [1.54, 1.807) is 0 Å². The minimum Gasteiger partial charge on any atom is -0.748 e. The second-order valence-corrected chi connectivity index (χ2v) is 7.29. The third-order valence-electron chi connectivity index (χ3n) is 3.58. The van der Waals surface area contributed by atoms with Crippen molar-refractivity contribution in [3.05, 3.63) is 0 Å². The van der Waals surface area contributed by atoms with Gasteiger partial charge in [0, 0.05) is 19.0 Å². The molecule has 0 rings (SSSR count). The first kappa shape index (κ1) is 25.1. The summed E-state index contributed by atoms with van der Waals surface area (Å²) in [5, 5.41) is 0. The summed E-state index contributed by atoms with van der Waals surface area (Å²) in [6.07, 6.45) is 14.1. The van der Waals surface area contributed by atoms with Crippen LogP contribution in [0, 0.1) is 0 Å². The van der Waals surface area contributed by atoms with E-state index in [0.29, 0.717) is 19.4 Å². The molecule has 0 amide bonds. The van der Waals surface area contributed by atoms with Crippen LogP contribution in [0.1, 0.15) is 84.0 Å². The van der Waals surface area contributed by atoms with E-state index in [1.807, 2.05) is 0 Å². The Balaban J connectivity index is 0. The first-order chi connectivity index (χ1) is 10.1. The van der Waals surface area contributed by atoms with Gasteiger partial charge in [-0.1, -0.05) is 64.7 Å². The Kier molecular flexibility index (Phi) is 20.8. The molecule has 0 unspecified atom stereocenters. The zero-order valence-electron chi connectivity index (χ0n) is 14.6. The quantitative estimate of drug-likeness (QED) is 0.240. The van der Waals surface area contributed by atoms with Crippen molar-refractivity contribution in [2.24, 2.45) is 0 Å². The molecule has 0 fully saturated rings. The average molecular weight is 344 g/mol. The van der Waals surface area contributed by atoms with Crippen LogP contribution in [-0.4, -0.2) is 31.9 Å². The van der Waals surface area contributed by atoms with E-state index in [-0.39, 0.29) is 35.3 Å². The van der Waals surface area contributed by atoms with Crippen molar-refractivity contribution in [1.29, 1.82) is 0 Å². The van der Waals surface area contributed by atoms with Crippen LogP contribution in [0.4, 0.5) is 0 Å². The van der Waals surface area contributed by atoms with Crippen molar-refractivity contribution in [2.45, 2.75) is 84.0 Å². The summed E-state index contributed by atoms with van der Waals surface area (Å²) in [6.45, 7) is 3.56. The molecule has 0 heterocycles. The molecule has 0 saturated carbocycles. The van der Waals surface area contributed by atoms with Crippen molar-refractivity contribution in [3.8, 4) is 0 Å². The Morgan fingerprint density at radius 1 is 0.727 bits per heavy atom. The topological polar surface area (TPSA) is 66.4 Å². The van der Waals surface area contributed by atoms with Crippen LogP contribution >= 0.6 is 0 Å². The van der Waals surface area contributed by atoms with Gasteiger partial charge in [-0.25, -0.2) is 8.42 Å². The smallest absolute Gasteiger partial charge is 0.748 e. The summed E-state index contributed by atoms with van der Waals surface area (Å²) in [5.41, 5.74) is 0. The molecule has 6 heteroatoms. The minimum atomic E-state index is -4.05. The van der Waals surface area contributed by atoms with Crippen molar-refractivity contribution in [1.82, 2.24) is 0 Å². The molecule has 0 N–H and O–H groups in total. The fraction of sp³-hybridized carbons (Fsp3) is 1.00. The normalized spacial score (nSPS) is 11.4. The van der Waals surface area contributed by atoms with Gasteiger partial charge in [-0.15, -0.1) is 0 Å². The molecule has 0 aromatic heterocycles. The number of hydrogen-bond acceptors (Lipinski definition) is 4. The van der Waals surface area contributed by atoms with E-state index in [1.165, 1.54) is 57.8 Å². The first-order valence-electron chi connectivity index (χ1n) is 8.57. The SMILES string of the molecule is CCCCCCCCCCCCOCCCCS(=O)(=O)[O-].[Na+]. The van der Waals surface area contributed by atoms with Crippen molar-refractivity contribution >= 4 is 10.1 Å². The van der Waals surface area contributed by atoms with Crippen LogP contribution in [-0.2, 0) is 14.9 Å². The largest absolute Gasteiger partial charge is 1.00 e. The first-order valence-corrected chi connectivity index (χ1v) is 10.2. The molecule has 0 bridgehead atoms. The van der Waals surface area contributed by atoms with Crippen molar-refractivity contribution in [3.63, 3.8) is 0 Å². The molecule has 4 nitrogen and oxygen atoms in total. The van der Waals surface area contributed by atoms with Gasteiger partial charge in [0.1, 0.15) is 0 Å². The molecule has 0 aromatic rings. The fourth-order valence-electron chi connectivity index (χ4n) is 2.28. The standard InChI is InChI=1S/C16H34O4S.Na/c1-2-3-4-5-6-7-8-9-10-11-14-20-15-12-13-16-21(17,18)19;/h2-16H2,1H3,(H,17,18,19);/q;+1/p-1. The van der Waals surface area contributed by atoms with Crippen LogP contribution in [0.3, 0.4) is 0 Å². The Bertz CT molecular complexity index is 307. The second kappa shape index (κ2) is 18.2. The van der Waals surface area contributed by atoms with Crippen LogP contribution < -0.4 is 29.6 Å². The van der Waals surface area contributed by atoms with Gasteiger partial charge < -0.3 is 9.29 Å². The van der Waals surface area contributed by atoms with Crippen molar-refractivity contribution in [2.75, 3.05) is 19.0 Å². The maximum atomic E-state index is 10.4. The number of rotatable bonds is 16. The monoisotopic (exact) mass is 344 g/mol. The fourth-order valence-corrected chi connectivity index (χ4v) is 2.83. The zero-order valence-corrected chi connectivity index (χ0v) is 17.5. The van der Waals surface area contributed by atoms with Crippen molar-refractivity contribution < 1.29 is 47.3 Å². The van der Waals surface area contributed by atoms with Crippen LogP contribution in [0.15, 0.2) is 0 Å². The molecule has 0 radical (unpaired) electrons. The molecule has 128 valence electrons. The molecule has 0 saturated heterocycles. The maximum absolute atomic E-state index is 10.4. The van der Waals surface area contributed by atoms with Gasteiger partial charge in [0.05, 0.1) is 10.1 Å². The number of unbranched alkanes of at least 4 members (excludes halogenated alkanes) is 10. The average Bonchev–Trinajstić information content (AvgIpc) is 2.42. The van der Waals surface area contributed by atoms with E-state index in [9.17, 15) is 13.0 Å². The summed E-state index contributed by atoms with van der Waals surface area (Å²) in [6, 6.07) is 0. The Morgan fingerprint density at radius 3 is 1.59 bits per heavy atom. The Hall–Kier alpha value is 0.870. The minimum absolute atomic E-state index is 0. The van der Waals surface area contributed by atoms with E-state index in [4.69, 9.17) is 4.74 Å². The van der Waals surface area contributed by atoms with E-state index in [0.717, 1.165) is 13.0 Å². The van der Waals surface area contributed by atoms with Gasteiger partial charge in [0.15, 0.2) is 0 Å². The van der Waals surface area contributed by atoms with Crippen LogP contribution in [0.5, 0.6) is 0 Å². The molecule has 0 atom stereocenters. The number of hydrogen-bond donors (Lipinski definition) is 0. The summed E-state index contributed by atoms with van der Waals surface area (Å²) >= 11 is 0.